The molecule has 1 N–H and O–H groups in total. The van der Waals surface area contributed by atoms with Crippen molar-refractivity contribution in [2.24, 2.45) is 0 Å². The van der Waals surface area contributed by atoms with Crippen molar-refractivity contribution in [2.75, 3.05) is 13.7 Å². The number of carbonyl (C=O) groups excluding carboxylic acids is 1. The molecule has 0 unspecified atom stereocenters. The Morgan fingerprint density at radius 2 is 1.94 bits per heavy atom. The molecule has 0 fully saturated rings. The molecule has 0 saturated carbocycles. The molecule has 18 heavy (non-hydrogen) atoms. The van der Waals surface area contributed by atoms with E-state index in [4.69, 9.17) is 0 Å². The highest BCUT2D eigenvalue weighted by atomic mass is 19.1. The minimum atomic E-state index is -0.190. The van der Waals surface area contributed by atoms with Gasteiger partial charge in [-0.2, -0.15) is 0 Å². The van der Waals surface area contributed by atoms with E-state index in [9.17, 15) is 9.18 Å². The van der Waals surface area contributed by atoms with Crippen LogP contribution in [0.3, 0.4) is 0 Å². The summed E-state index contributed by atoms with van der Waals surface area (Å²) >= 11 is 0. The summed E-state index contributed by atoms with van der Waals surface area (Å²) < 4.78 is 18.0. The Balaban J connectivity index is 2.34. The Morgan fingerprint density at radius 1 is 1.33 bits per heavy atom. The van der Waals surface area contributed by atoms with Gasteiger partial charge in [-0.15, -0.1) is 0 Å². The molecule has 0 spiro atoms. The molecule has 0 aliphatic rings. The molecule has 100 valence electrons. The van der Waals surface area contributed by atoms with Gasteiger partial charge in [-0.3, -0.25) is 4.79 Å². The Hall–Kier alpha value is -1.42. The van der Waals surface area contributed by atoms with Gasteiger partial charge in [0.15, 0.2) is 0 Å². The van der Waals surface area contributed by atoms with Gasteiger partial charge in [0, 0.05) is 13.0 Å². The van der Waals surface area contributed by atoms with Crippen LogP contribution in [-0.2, 0) is 16.1 Å². The molecular formula is C14H20FNO2. The van der Waals surface area contributed by atoms with Gasteiger partial charge in [-0.1, -0.05) is 12.1 Å². The zero-order valence-corrected chi connectivity index (χ0v) is 11.2. The number of esters is 1. The van der Waals surface area contributed by atoms with E-state index in [1.807, 2.05) is 12.1 Å². The Kier molecular flexibility index (Phi) is 5.78. The van der Waals surface area contributed by atoms with E-state index in [0.29, 0.717) is 24.1 Å². The molecule has 1 aromatic rings. The second kappa shape index (κ2) is 7.11. The average molecular weight is 253 g/mol. The molecule has 3 nitrogen and oxygen atoms in total. The van der Waals surface area contributed by atoms with E-state index in [1.165, 1.54) is 7.11 Å². The van der Waals surface area contributed by atoms with Gasteiger partial charge < -0.3 is 10.1 Å². The predicted octanol–water partition coefficient (Wildman–Crippen LogP) is 2.49. The van der Waals surface area contributed by atoms with Crippen molar-refractivity contribution in [3.8, 4) is 0 Å². The number of carbonyl (C=O) groups is 1. The van der Waals surface area contributed by atoms with E-state index >= 15 is 0 Å². The van der Waals surface area contributed by atoms with Gasteiger partial charge in [0.05, 0.1) is 7.11 Å². The molecule has 4 heteroatoms. The van der Waals surface area contributed by atoms with Gasteiger partial charge in [-0.05, 0) is 43.5 Å². The summed E-state index contributed by atoms with van der Waals surface area (Å²) in [6.45, 7) is 4.96. The monoisotopic (exact) mass is 253 g/mol. The lowest BCUT2D eigenvalue weighted by molar-refractivity contribution is -0.140. The summed E-state index contributed by atoms with van der Waals surface area (Å²) in [6, 6.07) is 3.69. The number of nitrogens with one attached hydrogen (secondary N) is 1. The van der Waals surface area contributed by atoms with Crippen LogP contribution < -0.4 is 5.32 Å². The molecule has 0 aliphatic carbocycles. The number of ether oxygens (including phenoxy) is 1. The maximum absolute atomic E-state index is 13.4. The van der Waals surface area contributed by atoms with Crippen LogP contribution >= 0.6 is 0 Å². The molecular weight excluding hydrogens is 233 g/mol. The fourth-order valence-electron chi connectivity index (χ4n) is 1.83. The van der Waals surface area contributed by atoms with Gasteiger partial charge >= 0.3 is 5.97 Å². The van der Waals surface area contributed by atoms with Crippen LogP contribution in [0.25, 0.3) is 0 Å². The first kappa shape index (κ1) is 14.6. The Labute approximate surface area is 107 Å². The highest BCUT2D eigenvalue weighted by Crippen LogP contribution is 2.14. The standard InChI is InChI=1S/C14H20FNO2/c1-10-7-12(8-11(2)14(10)15)9-16-6-4-5-13(17)18-3/h7-8,16H,4-6,9H2,1-3H3. The SMILES string of the molecule is COC(=O)CCCNCc1cc(C)c(F)c(C)c1. The normalized spacial score (nSPS) is 10.4. The van der Waals surface area contributed by atoms with Crippen molar-refractivity contribution in [1.82, 2.24) is 5.32 Å². The molecule has 0 bridgehead atoms. The van der Waals surface area contributed by atoms with Crippen molar-refractivity contribution in [3.05, 3.63) is 34.6 Å². The number of hydrogen-bond acceptors (Lipinski definition) is 3. The van der Waals surface area contributed by atoms with Crippen LogP contribution in [0.5, 0.6) is 0 Å². The van der Waals surface area contributed by atoms with Crippen LogP contribution in [0.4, 0.5) is 4.39 Å². The number of benzene rings is 1. The summed E-state index contributed by atoms with van der Waals surface area (Å²) in [4.78, 5) is 10.9. The topological polar surface area (TPSA) is 38.3 Å². The first-order valence-corrected chi connectivity index (χ1v) is 6.07. The highest BCUT2D eigenvalue weighted by molar-refractivity contribution is 5.69. The first-order chi connectivity index (χ1) is 8.54. The van der Waals surface area contributed by atoms with Crippen molar-refractivity contribution >= 4 is 5.97 Å². The zero-order chi connectivity index (χ0) is 13.5. The highest BCUT2D eigenvalue weighted by Gasteiger charge is 2.04. The Bertz CT molecular complexity index is 395. The third-order valence-electron chi connectivity index (χ3n) is 2.79. The third kappa shape index (κ3) is 4.45. The van der Waals surface area contributed by atoms with Crippen molar-refractivity contribution in [2.45, 2.75) is 33.2 Å². The van der Waals surface area contributed by atoms with Crippen LogP contribution in [0.1, 0.15) is 29.5 Å². The second-order valence-electron chi connectivity index (χ2n) is 4.40. The number of hydrogen-bond donors (Lipinski definition) is 1. The second-order valence-corrected chi connectivity index (χ2v) is 4.40. The van der Waals surface area contributed by atoms with Crippen LogP contribution in [0, 0.1) is 19.7 Å². The van der Waals surface area contributed by atoms with Crippen LogP contribution in [0.15, 0.2) is 12.1 Å². The smallest absolute Gasteiger partial charge is 0.305 e. The van der Waals surface area contributed by atoms with Crippen molar-refractivity contribution in [1.29, 1.82) is 0 Å². The molecule has 0 aliphatic heterocycles. The first-order valence-electron chi connectivity index (χ1n) is 6.07. The molecule has 0 radical (unpaired) electrons. The molecule has 0 amide bonds. The van der Waals surface area contributed by atoms with E-state index in [-0.39, 0.29) is 11.8 Å². The van der Waals surface area contributed by atoms with Crippen molar-refractivity contribution in [3.63, 3.8) is 0 Å². The minimum absolute atomic E-state index is 0.135. The van der Waals surface area contributed by atoms with Gasteiger partial charge in [0.1, 0.15) is 5.82 Å². The summed E-state index contributed by atoms with van der Waals surface area (Å²) in [6.07, 6.45) is 1.16. The summed E-state index contributed by atoms with van der Waals surface area (Å²) in [5, 5.41) is 3.22. The van der Waals surface area contributed by atoms with Gasteiger partial charge in [-0.25, -0.2) is 4.39 Å². The number of methoxy groups -OCH3 is 1. The molecule has 0 atom stereocenters. The van der Waals surface area contributed by atoms with Crippen molar-refractivity contribution < 1.29 is 13.9 Å². The lowest BCUT2D eigenvalue weighted by Gasteiger charge is -2.08. The molecule has 0 aromatic heterocycles. The van der Waals surface area contributed by atoms with E-state index in [2.05, 4.69) is 10.1 Å². The van der Waals surface area contributed by atoms with Crippen LogP contribution in [0.2, 0.25) is 0 Å². The number of aryl methyl sites for hydroxylation is 2. The molecule has 0 saturated heterocycles. The predicted molar refractivity (Wildman–Crippen MR) is 68.8 cm³/mol. The maximum Gasteiger partial charge on any atom is 0.305 e. The quantitative estimate of drug-likeness (QED) is 0.625. The zero-order valence-electron chi connectivity index (χ0n) is 11.2. The lowest BCUT2D eigenvalue weighted by atomic mass is 10.1. The number of halogens is 1. The van der Waals surface area contributed by atoms with E-state index < -0.39 is 0 Å². The molecule has 0 heterocycles. The largest absolute Gasteiger partial charge is 0.469 e. The maximum atomic E-state index is 13.4. The third-order valence-corrected chi connectivity index (χ3v) is 2.79. The fraction of sp³-hybridized carbons (Fsp3) is 0.500. The van der Waals surface area contributed by atoms with Crippen LogP contribution in [-0.4, -0.2) is 19.6 Å². The van der Waals surface area contributed by atoms with Gasteiger partial charge in [0.25, 0.3) is 0 Å². The minimum Gasteiger partial charge on any atom is -0.469 e. The molecule has 1 aromatic carbocycles. The lowest BCUT2D eigenvalue weighted by Crippen LogP contribution is -2.16. The summed E-state index contributed by atoms with van der Waals surface area (Å²) in [5.74, 6) is -0.324. The Morgan fingerprint density at radius 3 is 2.50 bits per heavy atom. The average Bonchev–Trinajstić information content (AvgIpc) is 2.35. The van der Waals surface area contributed by atoms with E-state index in [1.54, 1.807) is 13.8 Å². The summed E-state index contributed by atoms with van der Waals surface area (Å²) in [7, 11) is 1.39. The van der Waals surface area contributed by atoms with E-state index in [0.717, 1.165) is 18.5 Å². The summed E-state index contributed by atoms with van der Waals surface area (Å²) in [5.41, 5.74) is 2.40. The van der Waals surface area contributed by atoms with Gasteiger partial charge in [0.2, 0.25) is 0 Å². The molecule has 1 rings (SSSR count). The number of rotatable bonds is 6. The fourth-order valence-corrected chi connectivity index (χ4v) is 1.83.